The molecule has 1 saturated heterocycles. The van der Waals surface area contributed by atoms with Gasteiger partial charge in [-0.3, -0.25) is 9.69 Å². The third kappa shape index (κ3) is 8.24. The lowest BCUT2D eigenvalue weighted by molar-refractivity contribution is -0.136. The predicted molar refractivity (Wildman–Crippen MR) is 201 cm³/mol. The van der Waals surface area contributed by atoms with Crippen molar-refractivity contribution in [3.05, 3.63) is 72.3 Å². The smallest absolute Gasteiger partial charge is 0.410 e. The molecule has 4 heterocycles. The number of alkyl carbamates (subject to hydrolysis) is 1. The monoisotopic (exact) mass is 744 g/mol. The van der Waals surface area contributed by atoms with Crippen molar-refractivity contribution >= 4 is 36.1 Å². The van der Waals surface area contributed by atoms with E-state index in [0.717, 1.165) is 17.7 Å². The quantitative estimate of drug-likeness (QED) is 0.161. The Hall–Kier alpha value is -5.18. The minimum absolute atomic E-state index is 0.198. The van der Waals surface area contributed by atoms with Crippen molar-refractivity contribution in [3.63, 3.8) is 0 Å². The van der Waals surface area contributed by atoms with Crippen molar-refractivity contribution < 1.29 is 28.2 Å². The van der Waals surface area contributed by atoms with Crippen LogP contribution in [0.5, 0.6) is 0 Å². The number of likely N-dealkylation sites (tertiary alicyclic amines) is 1. The van der Waals surface area contributed by atoms with Gasteiger partial charge >= 0.3 is 12.2 Å². The maximum atomic E-state index is 15.7. The Labute approximate surface area is 312 Å². The molecular formula is C38H45FN8O5S. The molecule has 6 rings (SSSR count). The van der Waals surface area contributed by atoms with E-state index < -0.39 is 23.8 Å². The van der Waals surface area contributed by atoms with Gasteiger partial charge in [-0.05, 0) is 56.6 Å². The van der Waals surface area contributed by atoms with Gasteiger partial charge in [0.2, 0.25) is 0 Å². The van der Waals surface area contributed by atoms with Gasteiger partial charge in [-0.1, -0.05) is 50.2 Å². The van der Waals surface area contributed by atoms with Gasteiger partial charge in [0.15, 0.2) is 0 Å². The van der Waals surface area contributed by atoms with Crippen LogP contribution in [0.2, 0.25) is 0 Å². The zero-order valence-corrected chi connectivity index (χ0v) is 31.7. The Morgan fingerprint density at radius 3 is 2.19 bits per heavy atom. The molecule has 0 aliphatic carbocycles. The summed E-state index contributed by atoms with van der Waals surface area (Å²) in [5.41, 5.74) is 3.37. The number of ether oxygens (including phenoxy) is 2. The molecule has 13 nitrogen and oxygen atoms in total. The lowest BCUT2D eigenvalue weighted by Crippen LogP contribution is -2.50. The topological polar surface area (TPSA) is 158 Å². The molecule has 4 aromatic rings. The third-order valence-electron chi connectivity index (χ3n) is 9.28. The summed E-state index contributed by atoms with van der Waals surface area (Å²) < 4.78 is 26.0. The van der Waals surface area contributed by atoms with Crippen LogP contribution >= 0.6 is 11.8 Å². The highest BCUT2D eigenvalue weighted by Gasteiger charge is 2.40. The number of H-pyrrole nitrogens is 2. The normalized spacial score (nSPS) is 19.2. The first kappa shape index (κ1) is 37.6. The number of nitrogens with zero attached hydrogens (tertiary/aromatic N) is 5. The molecule has 0 saturated carbocycles. The first-order chi connectivity index (χ1) is 25.3. The number of aromatic nitrogens is 4. The molecule has 0 spiro atoms. The van der Waals surface area contributed by atoms with Crippen LogP contribution in [0, 0.1) is 11.7 Å². The van der Waals surface area contributed by atoms with E-state index in [2.05, 4.69) is 30.4 Å². The number of halogens is 1. The molecule has 4 atom stereocenters. The molecular weight excluding hydrogens is 700 g/mol. The molecule has 2 aliphatic rings. The zero-order valence-electron chi connectivity index (χ0n) is 30.8. The van der Waals surface area contributed by atoms with Crippen LogP contribution in [0.25, 0.3) is 33.6 Å². The fourth-order valence-electron chi connectivity index (χ4n) is 6.50. The van der Waals surface area contributed by atoms with E-state index in [1.165, 1.54) is 18.2 Å². The lowest BCUT2D eigenvalue weighted by atomic mass is 10.0. The number of thioether (sulfide) groups is 1. The maximum absolute atomic E-state index is 15.7. The van der Waals surface area contributed by atoms with E-state index in [1.54, 1.807) is 41.3 Å². The molecule has 3 N–H and O–H groups in total. The predicted octanol–water partition coefficient (Wildman–Crippen LogP) is 7.33. The molecule has 15 heteroatoms. The minimum atomic E-state index is -0.824. The number of rotatable bonds is 9. The molecule has 0 bridgehead atoms. The largest absolute Gasteiger partial charge is 0.453 e. The molecule has 2 aliphatic heterocycles. The number of imidazole rings is 2. The summed E-state index contributed by atoms with van der Waals surface area (Å²) in [7, 11) is 1.25. The number of amides is 3. The highest BCUT2D eigenvalue weighted by molar-refractivity contribution is 7.99. The highest BCUT2D eigenvalue weighted by Crippen LogP contribution is 2.38. The Kier molecular flexibility index (Phi) is 10.9. The van der Waals surface area contributed by atoms with Gasteiger partial charge in [-0.2, -0.15) is 16.9 Å². The van der Waals surface area contributed by atoms with E-state index in [-0.39, 0.29) is 35.0 Å². The summed E-state index contributed by atoms with van der Waals surface area (Å²) in [6, 6.07) is 10.9. The molecule has 2 aromatic carbocycles. The van der Waals surface area contributed by atoms with Crippen LogP contribution < -0.4 is 5.32 Å². The van der Waals surface area contributed by atoms with E-state index in [0.29, 0.717) is 47.0 Å². The van der Waals surface area contributed by atoms with E-state index in [4.69, 9.17) is 9.47 Å². The number of benzene rings is 2. The number of nitrogens with one attached hydrogen (secondary N) is 3. The van der Waals surface area contributed by atoms with Crippen LogP contribution in [0.3, 0.4) is 0 Å². The SMILES string of the molecule is COC(=O)NC(C(=O)N1N=CCC1c1ncc(-c2ccc(-c3ccc(-c4cnc(C5CC(SC)CN5C(=O)OC(C)(C)C)[nH]4)cc3F)cc2)[nH]1)C(C)C. The maximum Gasteiger partial charge on any atom is 0.410 e. The number of methoxy groups -OCH3 is 1. The lowest BCUT2D eigenvalue weighted by Gasteiger charge is -2.27. The molecule has 280 valence electrons. The van der Waals surface area contributed by atoms with Gasteiger partial charge in [0, 0.05) is 35.6 Å². The number of hydrogen-bond acceptors (Lipinski definition) is 9. The summed E-state index contributed by atoms with van der Waals surface area (Å²) in [6.07, 6.45) is 7.16. The van der Waals surface area contributed by atoms with Gasteiger partial charge in [0.1, 0.15) is 35.2 Å². The summed E-state index contributed by atoms with van der Waals surface area (Å²) in [6.45, 7) is 9.76. The molecule has 1 fully saturated rings. The van der Waals surface area contributed by atoms with Crippen molar-refractivity contribution in [1.82, 2.24) is 35.2 Å². The third-order valence-corrected chi connectivity index (χ3v) is 10.3. The van der Waals surface area contributed by atoms with Crippen LogP contribution in [-0.2, 0) is 14.3 Å². The molecule has 0 radical (unpaired) electrons. The second kappa shape index (κ2) is 15.4. The number of hydrogen-bond donors (Lipinski definition) is 3. The van der Waals surface area contributed by atoms with Crippen molar-refractivity contribution in [1.29, 1.82) is 0 Å². The Bertz CT molecular complexity index is 1990. The number of carbonyl (C=O) groups excluding carboxylic acids is 3. The molecule has 2 aromatic heterocycles. The van der Waals surface area contributed by atoms with Gasteiger partial charge in [-0.25, -0.2) is 29.0 Å². The Morgan fingerprint density at radius 2 is 1.58 bits per heavy atom. The van der Waals surface area contributed by atoms with Crippen LogP contribution in [0.15, 0.2) is 60.0 Å². The second-order valence-electron chi connectivity index (χ2n) is 14.5. The number of carbonyl (C=O) groups is 3. The molecule has 3 amide bonds. The first-order valence-electron chi connectivity index (χ1n) is 17.5. The van der Waals surface area contributed by atoms with Crippen molar-refractivity contribution in [2.45, 2.75) is 76.4 Å². The summed E-state index contributed by atoms with van der Waals surface area (Å²) in [5.74, 6) is 0.237. The number of aromatic amines is 2. The van der Waals surface area contributed by atoms with Crippen molar-refractivity contribution in [2.24, 2.45) is 11.0 Å². The fourth-order valence-corrected chi connectivity index (χ4v) is 7.18. The highest BCUT2D eigenvalue weighted by atomic mass is 32.2. The van der Waals surface area contributed by atoms with Crippen LogP contribution in [-0.4, -0.2) is 91.0 Å². The molecule has 53 heavy (non-hydrogen) atoms. The van der Waals surface area contributed by atoms with Crippen LogP contribution in [0.4, 0.5) is 14.0 Å². The van der Waals surface area contributed by atoms with Crippen LogP contribution in [0.1, 0.15) is 71.2 Å². The Balaban J connectivity index is 1.14. The average molecular weight is 745 g/mol. The van der Waals surface area contributed by atoms with Gasteiger partial charge in [0.25, 0.3) is 5.91 Å². The fraction of sp³-hybridized carbons (Fsp3) is 0.421. The van der Waals surface area contributed by atoms with E-state index >= 15 is 4.39 Å². The average Bonchev–Trinajstić information content (AvgIpc) is 3.95. The van der Waals surface area contributed by atoms with Crippen molar-refractivity contribution in [3.8, 4) is 33.6 Å². The van der Waals surface area contributed by atoms with Gasteiger partial charge in [-0.15, -0.1) is 0 Å². The molecule has 4 unspecified atom stereocenters. The summed E-state index contributed by atoms with van der Waals surface area (Å²) in [4.78, 5) is 55.8. The summed E-state index contributed by atoms with van der Waals surface area (Å²) >= 11 is 1.71. The zero-order chi connectivity index (χ0) is 38.0. The van der Waals surface area contributed by atoms with Gasteiger partial charge in [0.05, 0.1) is 36.9 Å². The minimum Gasteiger partial charge on any atom is -0.453 e. The standard InChI is InChI=1S/C38H45FN8O5S/c1-21(2)32(45-36(49)51-6)35(48)47-30(14-15-42-47)33-40-18-28(43-33)23-10-8-22(9-11-23)26-13-12-24(16-27(26)39)29-19-41-34(44-29)31-17-25(53-7)20-46(31)37(50)52-38(3,4)5/h8-13,15-16,18-19,21,25,30-32H,14,17,20H2,1-7H3,(H,40,43)(H,41,44)(H,45,49). The van der Waals surface area contributed by atoms with E-state index in [1.807, 2.05) is 71.2 Å². The van der Waals surface area contributed by atoms with E-state index in [9.17, 15) is 14.4 Å². The van der Waals surface area contributed by atoms with Crippen molar-refractivity contribution in [2.75, 3.05) is 19.9 Å². The Morgan fingerprint density at radius 1 is 0.962 bits per heavy atom. The van der Waals surface area contributed by atoms with Gasteiger partial charge < -0.3 is 24.8 Å². The number of hydrazone groups is 1. The second-order valence-corrected chi connectivity index (χ2v) is 15.6. The first-order valence-corrected chi connectivity index (χ1v) is 18.8. The summed E-state index contributed by atoms with van der Waals surface area (Å²) in [5, 5.41) is 8.48.